The largest absolute Gasteiger partial charge is 0.381 e. The van der Waals surface area contributed by atoms with Crippen molar-refractivity contribution in [2.24, 2.45) is 0 Å². The number of rotatable bonds is 1. The summed E-state index contributed by atoms with van der Waals surface area (Å²) in [4.78, 5) is 7.85. The van der Waals surface area contributed by atoms with Crippen LogP contribution in [0.15, 0.2) is 16.9 Å². The zero-order valence-corrected chi connectivity index (χ0v) is 10.1. The number of halogens is 1. The van der Waals surface area contributed by atoms with Gasteiger partial charge in [0.05, 0.1) is 16.0 Å². The van der Waals surface area contributed by atoms with E-state index in [1.165, 1.54) is 12.4 Å². The van der Waals surface area contributed by atoms with E-state index in [0.717, 1.165) is 0 Å². The lowest BCUT2D eigenvalue weighted by Crippen LogP contribution is -2.29. The molecule has 2 heterocycles. The Morgan fingerprint density at radius 1 is 1.40 bits per heavy atom. The van der Waals surface area contributed by atoms with Crippen molar-refractivity contribution in [3.63, 3.8) is 0 Å². The molecule has 1 aliphatic heterocycles. The molecule has 0 unspecified atom stereocenters. The molecular formula is C8H9BrN2O3S. The summed E-state index contributed by atoms with van der Waals surface area (Å²) in [5, 5.41) is 10.1. The molecule has 5 nitrogen and oxygen atoms in total. The first-order valence-electron chi connectivity index (χ1n) is 4.32. The molecule has 15 heavy (non-hydrogen) atoms. The predicted octanol–water partition coefficient (Wildman–Crippen LogP) is 0.245. The van der Waals surface area contributed by atoms with Crippen molar-refractivity contribution in [2.75, 3.05) is 11.5 Å². The standard InChI is InChI=1S/C8H9BrN2O3S/c9-6-3-10-7(11-4-6)8(12)1-2-15(13,14)5-8/h3-4,12H,1-2,5H2/t8-/m0/s1. The van der Waals surface area contributed by atoms with Crippen LogP contribution >= 0.6 is 15.9 Å². The van der Waals surface area contributed by atoms with E-state index >= 15 is 0 Å². The third-order valence-corrected chi connectivity index (χ3v) is 4.47. The van der Waals surface area contributed by atoms with Gasteiger partial charge < -0.3 is 5.11 Å². The second-order valence-corrected chi connectivity index (χ2v) is 6.70. The number of aromatic nitrogens is 2. The third kappa shape index (κ3) is 2.19. The van der Waals surface area contributed by atoms with E-state index in [2.05, 4.69) is 25.9 Å². The molecule has 2 rings (SSSR count). The molecular weight excluding hydrogens is 284 g/mol. The van der Waals surface area contributed by atoms with Gasteiger partial charge in [0.25, 0.3) is 0 Å². The minimum atomic E-state index is -3.15. The Morgan fingerprint density at radius 2 is 2.00 bits per heavy atom. The lowest BCUT2D eigenvalue weighted by atomic mass is 10.0. The topological polar surface area (TPSA) is 80.2 Å². The van der Waals surface area contributed by atoms with Gasteiger partial charge in [0.15, 0.2) is 15.7 Å². The molecule has 0 bridgehead atoms. The van der Waals surface area contributed by atoms with E-state index in [4.69, 9.17) is 0 Å². The van der Waals surface area contributed by atoms with Crippen LogP contribution in [-0.4, -0.2) is 35.0 Å². The molecule has 7 heteroatoms. The first kappa shape index (κ1) is 11.0. The maximum Gasteiger partial charge on any atom is 0.161 e. The van der Waals surface area contributed by atoms with Crippen molar-refractivity contribution in [3.05, 3.63) is 22.7 Å². The quantitative estimate of drug-likeness (QED) is 0.802. The molecule has 0 aromatic carbocycles. The highest BCUT2D eigenvalue weighted by Gasteiger charge is 2.44. The van der Waals surface area contributed by atoms with Crippen LogP contribution in [0.4, 0.5) is 0 Å². The minimum absolute atomic E-state index is 0.0110. The molecule has 82 valence electrons. The molecule has 1 aliphatic rings. The van der Waals surface area contributed by atoms with E-state index in [9.17, 15) is 13.5 Å². The Morgan fingerprint density at radius 3 is 2.47 bits per heavy atom. The number of aliphatic hydroxyl groups is 1. The second-order valence-electron chi connectivity index (χ2n) is 3.60. The van der Waals surface area contributed by atoms with Crippen LogP contribution in [0.3, 0.4) is 0 Å². The zero-order valence-electron chi connectivity index (χ0n) is 7.72. The van der Waals surface area contributed by atoms with Crippen LogP contribution in [0.1, 0.15) is 12.2 Å². The van der Waals surface area contributed by atoms with E-state index in [-0.39, 0.29) is 23.8 Å². The molecule has 0 aliphatic carbocycles. The number of sulfone groups is 1. The van der Waals surface area contributed by atoms with E-state index in [1.807, 2.05) is 0 Å². The Hall–Kier alpha value is -0.530. The molecule has 0 saturated carbocycles. The average molecular weight is 293 g/mol. The molecule has 1 saturated heterocycles. The number of nitrogens with zero attached hydrogens (tertiary/aromatic N) is 2. The Bertz CT molecular complexity index is 473. The van der Waals surface area contributed by atoms with E-state index in [0.29, 0.717) is 4.47 Å². The molecule has 1 aromatic heterocycles. The fraction of sp³-hybridized carbons (Fsp3) is 0.500. The summed E-state index contributed by atoms with van der Waals surface area (Å²) in [7, 11) is -3.15. The molecule has 0 amide bonds. The van der Waals surface area contributed by atoms with Gasteiger partial charge in [-0.05, 0) is 22.4 Å². The summed E-state index contributed by atoms with van der Waals surface area (Å²) in [5.74, 6) is -0.128. The molecule has 1 atom stereocenters. The number of hydrogen-bond donors (Lipinski definition) is 1. The van der Waals surface area contributed by atoms with Crippen molar-refractivity contribution < 1.29 is 13.5 Å². The predicted molar refractivity (Wildman–Crippen MR) is 56.9 cm³/mol. The summed E-state index contributed by atoms with van der Waals surface area (Å²) < 4.78 is 23.2. The van der Waals surface area contributed by atoms with Crippen LogP contribution in [0.5, 0.6) is 0 Å². The molecule has 0 spiro atoms. The van der Waals surface area contributed by atoms with E-state index in [1.54, 1.807) is 0 Å². The van der Waals surface area contributed by atoms with Crippen LogP contribution in [0, 0.1) is 0 Å². The first-order chi connectivity index (χ1) is 6.91. The summed E-state index contributed by atoms with van der Waals surface area (Å²) in [6, 6.07) is 0. The maximum absolute atomic E-state index is 11.3. The highest BCUT2D eigenvalue weighted by atomic mass is 79.9. The van der Waals surface area contributed by atoms with Crippen molar-refractivity contribution in [1.29, 1.82) is 0 Å². The normalized spacial score (nSPS) is 29.2. The summed E-state index contributed by atoms with van der Waals surface area (Å²) in [6.07, 6.45) is 3.15. The van der Waals surface area contributed by atoms with Crippen molar-refractivity contribution >= 4 is 25.8 Å². The molecule has 0 radical (unpaired) electrons. The third-order valence-electron chi connectivity index (χ3n) is 2.32. The fourth-order valence-corrected chi connectivity index (χ4v) is 3.56. The van der Waals surface area contributed by atoms with Gasteiger partial charge in [0.1, 0.15) is 5.60 Å². The van der Waals surface area contributed by atoms with Crippen LogP contribution < -0.4 is 0 Å². The van der Waals surface area contributed by atoms with Crippen LogP contribution in [-0.2, 0) is 15.4 Å². The zero-order chi connectivity index (χ0) is 11.1. The van der Waals surface area contributed by atoms with Gasteiger partial charge in [-0.3, -0.25) is 0 Å². The Kier molecular flexibility index (Phi) is 2.56. The van der Waals surface area contributed by atoms with Gasteiger partial charge in [-0.15, -0.1) is 0 Å². The maximum atomic E-state index is 11.3. The highest BCUT2D eigenvalue weighted by Crippen LogP contribution is 2.31. The summed E-state index contributed by atoms with van der Waals surface area (Å²) in [5.41, 5.74) is -1.42. The lowest BCUT2D eigenvalue weighted by molar-refractivity contribution is 0.0556. The van der Waals surface area contributed by atoms with E-state index < -0.39 is 15.4 Å². The van der Waals surface area contributed by atoms with Crippen molar-refractivity contribution in [1.82, 2.24) is 9.97 Å². The molecule has 1 N–H and O–H groups in total. The monoisotopic (exact) mass is 292 g/mol. The SMILES string of the molecule is O=S1(=O)CC[C@@](O)(c2ncc(Br)cn2)C1. The smallest absolute Gasteiger partial charge is 0.161 e. The fourth-order valence-electron chi connectivity index (χ4n) is 1.56. The van der Waals surface area contributed by atoms with Gasteiger partial charge in [0, 0.05) is 12.4 Å². The van der Waals surface area contributed by atoms with Crippen LogP contribution in [0.2, 0.25) is 0 Å². The molecule has 1 fully saturated rings. The van der Waals surface area contributed by atoms with Crippen molar-refractivity contribution in [2.45, 2.75) is 12.0 Å². The van der Waals surface area contributed by atoms with Gasteiger partial charge in [0.2, 0.25) is 0 Å². The Balaban J connectivity index is 2.35. The minimum Gasteiger partial charge on any atom is -0.381 e. The van der Waals surface area contributed by atoms with Crippen LogP contribution in [0.25, 0.3) is 0 Å². The second kappa shape index (κ2) is 3.50. The van der Waals surface area contributed by atoms with Gasteiger partial charge in [-0.2, -0.15) is 0 Å². The van der Waals surface area contributed by atoms with Gasteiger partial charge in [-0.1, -0.05) is 0 Å². The number of hydrogen-bond acceptors (Lipinski definition) is 5. The Labute approximate surface area is 95.6 Å². The molecule has 1 aromatic rings. The average Bonchev–Trinajstić information content (AvgIpc) is 2.43. The summed E-state index contributed by atoms with van der Waals surface area (Å²) >= 11 is 3.17. The first-order valence-corrected chi connectivity index (χ1v) is 6.94. The van der Waals surface area contributed by atoms with Gasteiger partial charge in [-0.25, -0.2) is 18.4 Å². The summed E-state index contributed by atoms with van der Waals surface area (Å²) in [6.45, 7) is 0. The highest BCUT2D eigenvalue weighted by molar-refractivity contribution is 9.10. The lowest BCUT2D eigenvalue weighted by Gasteiger charge is -2.17. The van der Waals surface area contributed by atoms with Gasteiger partial charge >= 0.3 is 0 Å². The van der Waals surface area contributed by atoms with Crippen molar-refractivity contribution in [3.8, 4) is 0 Å².